The minimum Gasteiger partial charge on any atom is -0.285 e. The fraction of sp³-hybridized carbons (Fsp3) is 0.611. The molecule has 6 nitrogen and oxygen atoms in total. The summed E-state index contributed by atoms with van der Waals surface area (Å²) in [4.78, 5) is 32.8. The van der Waals surface area contributed by atoms with Gasteiger partial charge in [-0.2, -0.15) is 0 Å². The van der Waals surface area contributed by atoms with Crippen LogP contribution in [0.5, 0.6) is 0 Å². The highest BCUT2D eigenvalue weighted by atomic mass is 17.2. The molecule has 0 bridgehead atoms. The Kier molecular flexibility index (Phi) is 24.8. The molecule has 0 saturated carbocycles. The molecule has 0 aliphatic carbocycles. The SMILES string of the molecule is CCCCCCCCCCC/C=C/C=C/C=C/C(=O)OOC(=O)c1ooc1/C=C/C=C/CCCCCCCCCCC. The Morgan fingerprint density at radius 3 is 1.52 bits per heavy atom. The van der Waals surface area contributed by atoms with Gasteiger partial charge in [-0.05, 0) is 31.8 Å². The van der Waals surface area contributed by atoms with Gasteiger partial charge in [0.1, 0.15) is 0 Å². The van der Waals surface area contributed by atoms with Gasteiger partial charge in [-0.3, -0.25) is 9.15 Å². The predicted molar refractivity (Wildman–Crippen MR) is 172 cm³/mol. The molecule has 0 N–H and O–H groups in total. The zero-order valence-corrected chi connectivity index (χ0v) is 26.4. The molecular formula is C36H56O6. The molecule has 42 heavy (non-hydrogen) atoms. The molecule has 1 aromatic heterocycles. The van der Waals surface area contributed by atoms with Gasteiger partial charge in [0.2, 0.25) is 5.76 Å². The maximum atomic E-state index is 12.0. The van der Waals surface area contributed by atoms with Crippen molar-refractivity contribution in [2.75, 3.05) is 0 Å². The Bertz CT molecular complexity index is 927. The molecule has 0 saturated heterocycles. The van der Waals surface area contributed by atoms with Crippen LogP contribution in [-0.4, -0.2) is 11.9 Å². The fourth-order valence-electron chi connectivity index (χ4n) is 4.41. The van der Waals surface area contributed by atoms with Crippen molar-refractivity contribution in [3.8, 4) is 0 Å². The van der Waals surface area contributed by atoms with Gasteiger partial charge < -0.3 is 0 Å². The van der Waals surface area contributed by atoms with E-state index >= 15 is 0 Å². The maximum Gasteiger partial charge on any atom is 0.430 e. The largest absolute Gasteiger partial charge is 0.430 e. The average molecular weight is 585 g/mol. The summed E-state index contributed by atoms with van der Waals surface area (Å²) < 4.78 is 9.52. The van der Waals surface area contributed by atoms with Gasteiger partial charge in [0.25, 0.3) is 0 Å². The molecule has 0 aliphatic rings. The first-order valence-electron chi connectivity index (χ1n) is 16.5. The third kappa shape index (κ3) is 21.7. The number of carbonyl (C=O) groups is 2. The quantitative estimate of drug-likeness (QED) is 0.0354. The first-order valence-corrected chi connectivity index (χ1v) is 16.5. The van der Waals surface area contributed by atoms with Crippen molar-refractivity contribution in [3.05, 3.63) is 66.2 Å². The van der Waals surface area contributed by atoms with Crippen molar-refractivity contribution in [2.45, 2.75) is 142 Å². The lowest BCUT2D eigenvalue weighted by Gasteiger charge is -2.03. The number of allylic oxidation sites excluding steroid dienone is 8. The standard InChI is InChI=1S/C36H56O6/c1-3-5-7-9-11-13-15-17-18-20-22-24-26-28-30-32-34(37)40-42-36(38)35-33(39-41-35)31-29-27-25-23-21-19-16-14-12-10-8-6-4-2/h22,24-32H,3-21,23H2,1-2H3/b24-22+,27-25+,28-26+,31-29+,32-30+. The van der Waals surface area contributed by atoms with Crippen molar-refractivity contribution < 1.29 is 28.5 Å². The van der Waals surface area contributed by atoms with E-state index in [1.165, 1.54) is 128 Å². The zero-order chi connectivity index (χ0) is 30.4. The third-order valence-corrected chi connectivity index (χ3v) is 6.97. The summed E-state index contributed by atoms with van der Waals surface area (Å²) in [6, 6.07) is 0. The van der Waals surface area contributed by atoms with Crippen LogP contribution < -0.4 is 0 Å². The lowest BCUT2D eigenvalue weighted by atomic mass is 10.1. The smallest absolute Gasteiger partial charge is 0.285 e. The average Bonchev–Trinajstić information content (AvgIpc) is 2.97. The first kappa shape index (κ1) is 37.0. The van der Waals surface area contributed by atoms with E-state index in [1.807, 2.05) is 18.2 Å². The molecular weight excluding hydrogens is 528 g/mol. The molecule has 0 amide bonds. The highest BCUT2D eigenvalue weighted by Gasteiger charge is 2.25. The summed E-state index contributed by atoms with van der Waals surface area (Å²) in [5.74, 6) is -1.66. The second-order valence-electron chi connectivity index (χ2n) is 10.8. The molecule has 1 rings (SSSR count). The van der Waals surface area contributed by atoms with Gasteiger partial charge in [0, 0.05) is 6.08 Å². The van der Waals surface area contributed by atoms with Crippen molar-refractivity contribution in [1.82, 2.24) is 0 Å². The molecule has 236 valence electrons. The van der Waals surface area contributed by atoms with Crippen molar-refractivity contribution in [1.29, 1.82) is 0 Å². The Balaban J connectivity index is 2.08. The summed E-state index contributed by atoms with van der Waals surface area (Å²) in [6.07, 6.45) is 43.5. The van der Waals surface area contributed by atoms with E-state index in [0.717, 1.165) is 12.8 Å². The Labute approximate surface area is 254 Å². The Morgan fingerprint density at radius 1 is 0.548 bits per heavy atom. The van der Waals surface area contributed by atoms with E-state index in [1.54, 1.807) is 18.2 Å². The molecule has 0 spiro atoms. The molecule has 0 atom stereocenters. The topological polar surface area (TPSA) is 78.9 Å². The van der Waals surface area contributed by atoms with E-state index in [-0.39, 0.29) is 11.5 Å². The summed E-state index contributed by atoms with van der Waals surface area (Å²) in [5, 5.41) is 0. The maximum absolute atomic E-state index is 12.0. The third-order valence-electron chi connectivity index (χ3n) is 6.97. The van der Waals surface area contributed by atoms with Crippen LogP contribution in [0.2, 0.25) is 0 Å². The van der Waals surface area contributed by atoms with Crippen LogP contribution in [0.3, 0.4) is 0 Å². The van der Waals surface area contributed by atoms with Crippen molar-refractivity contribution in [2.24, 2.45) is 0 Å². The van der Waals surface area contributed by atoms with Crippen LogP contribution in [0.25, 0.3) is 6.08 Å². The molecule has 0 fully saturated rings. The van der Waals surface area contributed by atoms with Gasteiger partial charge in [-0.25, -0.2) is 19.4 Å². The second kappa shape index (κ2) is 28.1. The molecule has 1 heterocycles. The summed E-state index contributed by atoms with van der Waals surface area (Å²) in [7, 11) is 0. The van der Waals surface area contributed by atoms with Crippen LogP contribution >= 0.6 is 0 Å². The van der Waals surface area contributed by atoms with Crippen molar-refractivity contribution in [3.63, 3.8) is 0 Å². The normalized spacial score (nSPS) is 12.2. The van der Waals surface area contributed by atoms with Gasteiger partial charge >= 0.3 is 17.7 Å². The van der Waals surface area contributed by atoms with Crippen LogP contribution in [0.1, 0.15) is 159 Å². The van der Waals surface area contributed by atoms with E-state index < -0.39 is 11.9 Å². The lowest BCUT2D eigenvalue weighted by molar-refractivity contribution is -0.230. The summed E-state index contributed by atoms with van der Waals surface area (Å²) >= 11 is 0. The summed E-state index contributed by atoms with van der Waals surface area (Å²) in [6.45, 7) is 4.50. The minimum absolute atomic E-state index is 0.146. The minimum atomic E-state index is -0.934. The van der Waals surface area contributed by atoms with Gasteiger partial charge in [-0.1, -0.05) is 165 Å². The highest BCUT2D eigenvalue weighted by molar-refractivity contribution is 5.90. The van der Waals surface area contributed by atoms with E-state index in [4.69, 9.17) is 9.15 Å². The number of carbonyl (C=O) groups excluding carboxylic acids is 2. The molecule has 0 radical (unpaired) electrons. The number of hydrogen-bond acceptors (Lipinski definition) is 6. The molecule has 0 aliphatic heterocycles. The fourth-order valence-corrected chi connectivity index (χ4v) is 4.41. The van der Waals surface area contributed by atoms with Gasteiger partial charge in [0.05, 0.1) is 0 Å². The first-order chi connectivity index (χ1) is 20.7. The molecule has 6 heteroatoms. The van der Waals surface area contributed by atoms with E-state index in [0.29, 0.717) is 0 Å². The van der Waals surface area contributed by atoms with Gasteiger partial charge in [0.15, 0.2) is 0 Å². The van der Waals surface area contributed by atoms with Crippen LogP contribution in [-0.2, 0) is 14.6 Å². The molecule has 1 aromatic rings. The second-order valence-corrected chi connectivity index (χ2v) is 10.8. The molecule has 0 aromatic carbocycles. The Morgan fingerprint density at radius 2 is 1.02 bits per heavy atom. The number of rotatable bonds is 26. The molecule has 0 unspecified atom stereocenters. The lowest BCUT2D eigenvalue weighted by Crippen LogP contribution is -2.12. The highest BCUT2D eigenvalue weighted by Crippen LogP contribution is 2.17. The summed E-state index contributed by atoms with van der Waals surface area (Å²) in [5.41, 5.74) is 0. The van der Waals surface area contributed by atoms with Crippen LogP contribution in [0.15, 0.2) is 63.8 Å². The van der Waals surface area contributed by atoms with Crippen molar-refractivity contribution >= 4 is 18.0 Å². The van der Waals surface area contributed by atoms with Crippen LogP contribution in [0, 0.1) is 0 Å². The Hall–Kier alpha value is -3.02. The van der Waals surface area contributed by atoms with Crippen LogP contribution in [0.4, 0.5) is 0 Å². The zero-order valence-electron chi connectivity index (χ0n) is 26.4. The number of unbranched alkanes of at least 4 members (excludes halogenated alkanes) is 18. The monoisotopic (exact) mass is 584 g/mol. The van der Waals surface area contributed by atoms with Gasteiger partial charge in [-0.15, -0.1) is 0 Å². The van der Waals surface area contributed by atoms with E-state index in [9.17, 15) is 9.59 Å². The van der Waals surface area contributed by atoms with E-state index in [2.05, 4.69) is 35.8 Å². The predicted octanol–water partition coefficient (Wildman–Crippen LogP) is 11.6. The number of hydrogen-bond donors (Lipinski definition) is 0.